The normalized spacial score (nSPS) is 11.9. The van der Waals surface area contributed by atoms with Gasteiger partial charge in [-0.05, 0) is 0 Å². The molecule has 0 heterocycles. The molecule has 0 aliphatic carbocycles. The molecule has 4 aromatic rings. The summed E-state index contributed by atoms with van der Waals surface area (Å²) in [4.78, 5) is 0. The van der Waals surface area contributed by atoms with Gasteiger partial charge < -0.3 is 0 Å². The van der Waals surface area contributed by atoms with Gasteiger partial charge in [-0.2, -0.15) is 0 Å². The van der Waals surface area contributed by atoms with Gasteiger partial charge in [0.05, 0.1) is 0 Å². The van der Waals surface area contributed by atoms with Crippen molar-refractivity contribution < 1.29 is 0 Å². The predicted octanol–water partition coefficient (Wildman–Crippen LogP) is 6.86. The van der Waals surface area contributed by atoms with Gasteiger partial charge in [0, 0.05) is 0 Å². The van der Waals surface area contributed by atoms with Crippen molar-refractivity contribution in [3.05, 3.63) is 121 Å². The molecule has 0 saturated heterocycles. The van der Waals surface area contributed by atoms with Crippen LogP contribution in [0.2, 0.25) is 10.5 Å². The van der Waals surface area contributed by atoms with Gasteiger partial charge in [0.15, 0.2) is 0 Å². The summed E-state index contributed by atoms with van der Waals surface area (Å²) in [6.45, 7) is 0. The summed E-state index contributed by atoms with van der Waals surface area (Å²) >= 11 is 3.69. The van der Waals surface area contributed by atoms with Crippen LogP contribution in [0.1, 0.15) is 25.7 Å². The average Bonchev–Trinajstić information content (AvgIpc) is 2.92. The van der Waals surface area contributed by atoms with E-state index in [4.69, 9.17) is 0 Å². The van der Waals surface area contributed by atoms with Gasteiger partial charge in [0.25, 0.3) is 0 Å². The second-order valence-corrected chi connectivity index (χ2v) is 36.7. The molecule has 0 unspecified atom stereocenters. The van der Waals surface area contributed by atoms with Gasteiger partial charge in [-0.15, -0.1) is 0 Å². The van der Waals surface area contributed by atoms with E-state index in [1.165, 1.54) is 53.8 Å². The fourth-order valence-corrected chi connectivity index (χ4v) is 26.2. The van der Waals surface area contributed by atoms with E-state index in [1.54, 1.807) is 0 Å². The molecule has 174 valence electrons. The molecule has 0 aliphatic heterocycles. The molecule has 0 fully saturated rings. The van der Waals surface area contributed by atoms with Crippen LogP contribution in [0.15, 0.2) is 121 Å². The van der Waals surface area contributed by atoms with Gasteiger partial charge in [-0.25, -0.2) is 0 Å². The third-order valence-electron chi connectivity index (χ3n) is 6.72. The van der Waals surface area contributed by atoms with E-state index in [9.17, 15) is 0 Å². The molecule has 4 heteroatoms. The predicted molar refractivity (Wildman–Crippen MR) is 162 cm³/mol. The van der Waals surface area contributed by atoms with Crippen molar-refractivity contribution in [2.24, 2.45) is 0 Å². The first kappa shape index (κ1) is 26.0. The summed E-state index contributed by atoms with van der Waals surface area (Å²) in [5.41, 5.74) is 0. The van der Waals surface area contributed by atoms with Crippen LogP contribution in [0.4, 0.5) is 0 Å². The van der Waals surface area contributed by atoms with E-state index in [2.05, 4.69) is 149 Å². The second-order valence-electron chi connectivity index (χ2n) is 8.98. The van der Waals surface area contributed by atoms with Crippen LogP contribution in [-0.4, -0.2) is 22.8 Å². The standard InChI is InChI=1S/C30H32Br2Ge2/c31-33(27-17-7-3-8-18-27,28-19-9-4-10-20-28)25-15-1-2-16-26-34(32,29-21-11-5-12-22-29)30-23-13-6-14-24-30/h3-14,17-24H,1-2,15-16,25-26H2. The molecule has 4 rings (SSSR count). The Kier molecular flexibility index (Phi) is 9.76. The summed E-state index contributed by atoms with van der Waals surface area (Å²) in [5, 5.41) is 2.57. The molecule has 34 heavy (non-hydrogen) atoms. The molecule has 0 nitrogen and oxygen atoms in total. The van der Waals surface area contributed by atoms with Crippen molar-refractivity contribution in [1.82, 2.24) is 0 Å². The fraction of sp³-hybridized carbons (Fsp3) is 0.200. The topological polar surface area (TPSA) is 0 Å². The Balaban J connectivity index is 1.38. The van der Waals surface area contributed by atoms with Crippen LogP contribution in [0.25, 0.3) is 0 Å². The maximum absolute atomic E-state index is 4.35. The molecule has 0 spiro atoms. The number of rotatable bonds is 11. The fourth-order valence-electron chi connectivity index (χ4n) is 4.81. The molecule has 0 amide bonds. The number of benzene rings is 4. The van der Waals surface area contributed by atoms with Crippen molar-refractivity contribution >= 4 is 68.4 Å². The zero-order chi connectivity index (χ0) is 23.7. The summed E-state index contributed by atoms with van der Waals surface area (Å²) in [6.07, 6.45) is 5.17. The minimum atomic E-state index is -2.51. The average molecular weight is 698 g/mol. The number of halogens is 2. The van der Waals surface area contributed by atoms with Crippen molar-refractivity contribution in [2.45, 2.75) is 36.2 Å². The number of hydrogen-bond acceptors (Lipinski definition) is 0. The first-order valence-corrected chi connectivity index (χ1v) is 29.2. The molecule has 0 aromatic heterocycles. The molecule has 0 bridgehead atoms. The first-order valence-electron chi connectivity index (χ1n) is 12.2. The first-order chi connectivity index (χ1) is 16.6. The maximum atomic E-state index is 4.35. The molecule has 4 aromatic carbocycles. The summed E-state index contributed by atoms with van der Waals surface area (Å²) in [5.74, 6) is 0. The van der Waals surface area contributed by atoms with Gasteiger partial charge in [-0.1, -0.05) is 0 Å². The molecular weight excluding hydrogens is 665 g/mol. The number of hydrogen-bond donors (Lipinski definition) is 0. The monoisotopic (exact) mass is 698 g/mol. The van der Waals surface area contributed by atoms with Crippen LogP contribution in [-0.2, 0) is 0 Å². The van der Waals surface area contributed by atoms with Gasteiger partial charge >= 0.3 is 226 Å². The van der Waals surface area contributed by atoms with Crippen molar-refractivity contribution in [1.29, 1.82) is 0 Å². The summed E-state index contributed by atoms with van der Waals surface area (Å²) in [7, 11) is 0. The Morgan fingerprint density at radius 3 is 0.824 bits per heavy atom. The molecule has 0 N–H and O–H groups in total. The summed E-state index contributed by atoms with van der Waals surface area (Å²) in [6, 6.07) is 44.6. The van der Waals surface area contributed by atoms with E-state index >= 15 is 0 Å². The van der Waals surface area contributed by atoms with Gasteiger partial charge in [-0.3, -0.25) is 0 Å². The van der Waals surface area contributed by atoms with E-state index in [0.29, 0.717) is 0 Å². The Hall–Kier alpha value is -1.07. The summed E-state index contributed by atoms with van der Waals surface area (Å²) < 4.78 is 6.10. The Morgan fingerprint density at radius 2 is 0.588 bits per heavy atom. The Bertz CT molecular complexity index is 948. The van der Waals surface area contributed by atoms with Crippen LogP contribution in [0, 0.1) is 0 Å². The third kappa shape index (κ3) is 6.37. The van der Waals surface area contributed by atoms with Crippen molar-refractivity contribution in [3.8, 4) is 0 Å². The van der Waals surface area contributed by atoms with Crippen LogP contribution >= 0.6 is 28.0 Å². The Labute approximate surface area is 224 Å². The number of unbranched alkanes of at least 4 members (excludes halogenated alkanes) is 3. The zero-order valence-corrected chi connectivity index (χ0v) is 26.9. The molecular formula is C30H32Br2Ge2. The van der Waals surface area contributed by atoms with Crippen LogP contribution in [0.3, 0.4) is 0 Å². The van der Waals surface area contributed by atoms with E-state index in [0.717, 1.165) is 0 Å². The minimum absolute atomic E-state index is 1.28. The van der Waals surface area contributed by atoms with E-state index in [-0.39, 0.29) is 0 Å². The molecule has 0 saturated carbocycles. The zero-order valence-electron chi connectivity index (χ0n) is 19.5. The van der Waals surface area contributed by atoms with Crippen LogP contribution < -0.4 is 17.6 Å². The molecule has 0 aliphatic rings. The Morgan fingerprint density at radius 1 is 0.353 bits per heavy atom. The SMILES string of the molecule is [Br][Ge]([CH2]CCCC[CH2][Ge]([Br])([c]1ccccc1)[c]1ccccc1)([c]1ccccc1)[c]1ccccc1. The van der Waals surface area contributed by atoms with E-state index in [1.807, 2.05) is 0 Å². The van der Waals surface area contributed by atoms with Gasteiger partial charge in [0.1, 0.15) is 0 Å². The van der Waals surface area contributed by atoms with Crippen LogP contribution in [0.5, 0.6) is 0 Å². The quantitative estimate of drug-likeness (QED) is 0.119. The second kappa shape index (κ2) is 12.8. The van der Waals surface area contributed by atoms with Gasteiger partial charge in [0.2, 0.25) is 0 Å². The van der Waals surface area contributed by atoms with Crippen molar-refractivity contribution in [3.63, 3.8) is 0 Å². The third-order valence-corrected chi connectivity index (χ3v) is 35.2. The van der Waals surface area contributed by atoms with Crippen molar-refractivity contribution in [2.75, 3.05) is 0 Å². The van der Waals surface area contributed by atoms with E-state index < -0.39 is 22.8 Å². The molecule has 0 atom stereocenters. The molecule has 0 radical (unpaired) electrons.